The van der Waals surface area contributed by atoms with Gasteiger partial charge in [0.2, 0.25) is 11.0 Å². The zero-order valence-corrected chi connectivity index (χ0v) is 17.5. The molecule has 0 saturated heterocycles. The van der Waals surface area contributed by atoms with Gasteiger partial charge in [-0.25, -0.2) is 4.98 Å². The first-order valence-electron chi connectivity index (χ1n) is 8.38. The van der Waals surface area contributed by atoms with Crippen molar-refractivity contribution in [2.24, 2.45) is 0 Å². The topological polar surface area (TPSA) is 137 Å². The number of thioether (sulfide) groups is 1. The number of H-pyrrole nitrogens is 1. The molecule has 2 aromatic rings. The zero-order chi connectivity index (χ0) is 19.2. The third kappa shape index (κ3) is 5.59. The standard InChI is InChI=1S/C15H18BrN7O2S2/c16-13-22-23-15(27-13)19-10(24)7-26-14-20-11(9(6-17)12(25)21-14)18-8-4-2-1-3-5-8/h6,8,17H,1-5,7H2,(H,19,23,24)(H2,18,20,21,25). The van der Waals surface area contributed by atoms with Crippen molar-refractivity contribution >= 4 is 62.1 Å². The number of rotatable bonds is 7. The minimum Gasteiger partial charge on any atom is -0.367 e. The van der Waals surface area contributed by atoms with E-state index in [1.807, 2.05) is 0 Å². The smallest absolute Gasteiger partial charge is 0.262 e. The van der Waals surface area contributed by atoms with Gasteiger partial charge in [-0.1, -0.05) is 42.4 Å². The van der Waals surface area contributed by atoms with Gasteiger partial charge in [0, 0.05) is 12.3 Å². The van der Waals surface area contributed by atoms with Gasteiger partial charge in [-0.05, 0) is 28.8 Å². The number of hydrogen-bond acceptors (Lipinski definition) is 9. The Morgan fingerprint density at radius 2 is 2.15 bits per heavy atom. The molecule has 4 N–H and O–H groups in total. The normalized spacial score (nSPS) is 14.7. The van der Waals surface area contributed by atoms with Crippen LogP contribution in [0.1, 0.15) is 37.7 Å². The summed E-state index contributed by atoms with van der Waals surface area (Å²) in [6, 6.07) is 0.253. The Labute approximate surface area is 171 Å². The maximum atomic E-state index is 12.2. The number of hydrogen-bond donors (Lipinski definition) is 4. The van der Waals surface area contributed by atoms with Crippen LogP contribution in [0.4, 0.5) is 10.9 Å². The molecule has 0 bridgehead atoms. The van der Waals surface area contributed by atoms with Gasteiger partial charge in [0.1, 0.15) is 5.82 Å². The molecular formula is C15H18BrN7O2S2. The van der Waals surface area contributed by atoms with E-state index in [1.165, 1.54) is 17.8 Å². The Morgan fingerprint density at radius 3 is 2.81 bits per heavy atom. The molecule has 2 aromatic heterocycles. The fourth-order valence-corrected chi connectivity index (χ4v) is 4.45. The van der Waals surface area contributed by atoms with Gasteiger partial charge < -0.3 is 15.7 Å². The Bertz CT molecular complexity index is 879. The number of amides is 1. The van der Waals surface area contributed by atoms with Gasteiger partial charge >= 0.3 is 0 Å². The molecule has 144 valence electrons. The number of anilines is 2. The summed E-state index contributed by atoms with van der Waals surface area (Å²) in [4.78, 5) is 31.3. The second-order valence-corrected chi connectivity index (χ2v) is 9.17. The highest BCUT2D eigenvalue weighted by Gasteiger charge is 2.18. The van der Waals surface area contributed by atoms with E-state index < -0.39 is 5.56 Å². The van der Waals surface area contributed by atoms with E-state index in [0.29, 0.717) is 20.0 Å². The van der Waals surface area contributed by atoms with Crippen LogP contribution in [0.15, 0.2) is 13.9 Å². The number of nitrogens with one attached hydrogen (secondary N) is 4. The summed E-state index contributed by atoms with van der Waals surface area (Å²) in [6.07, 6.45) is 6.56. The molecule has 1 aliphatic rings. The van der Waals surface area contributed by atoms with Crippen LogP contribution in [0.5, 0.6) is 0 Å². The molecular weight excluding hydrogens is 454 g/mol. The van der Waals surface area contributed by atoms with Crippen molar-refractivity contribution in [2.45, 2.75) is 43.3 Å². The second-order valence-electron chi connectivity index (χ2n) is 5.95. The average molecular weight is 472 g/mol. The van der Waals surface area contributed by atoms with Crippen LogP contribution in [0, 0.1) is 5.41 Å². The lowest BCUT2D eigenvalue weighted by Crippen LogP contribution is -2.27. The molecule has 0 atom stereocenters. The molecule has 1 amide bonds. The quantitative estimate of drug-likeness (QED) is 0.276. The van der Waals surface area contributed by atoms with Crippen LogP contribution in [-0.4, -0.2) is 44.1 Å². The van der Waals surface area contributed by atoms with Crippen molar-refractivity contribution in [3.8, 4) is 0 Å². The van der Waals surface area contributed by atoms with Gasteiger partial charge in [-0.3, -0.25) is 14.9 Å². The largest absolute Gasteiger partial charge is 0.367 e. The minimum absolute atomic E-state index is 0.0624. The van der Waals surface area contributed by atoms with Gasteiger partial charge in [0.05, 0.1) is 11.3 Å². The van der Waals surface area contributed by atoms with Crippen molar-refractivity contribution in [3.05, 3.63) is 19.8 Å². The Balaban J connectivity index is 1.66. The van der Waals surface area contributed by atoms with E-state index in [2.05, 4.69) is 46.7 Å². The molecule has 1 fully saturated rings. The van der Waals surface area contributed by atoms with Crippen molar-refractivity contribution in [2.75, 3.05) is 16.4 Å². The highest BCUT2D eigenvalue weighted by Crippen LogP contribution is 2.23. The van der Waals surface area contributed by atoms with E-state index in [0.717, 1.165) is 43.7 Å². The minimum atomic E-state index is -0.394. The van der Waals surface area contributed by atoms with Gasteiger partial charge in [0.15, 0.2) is 9.07 Å². The molecule has 2 heterocycles. The van der Waals surface area contributed by atoms with Crippen LogP contribution < -0.4 is 16.2 Å². The summed E-state index contributed by atoms with van der Waals surface area (Å²) < 4.78 is 0.581. The number of carbonyl (C=O) groups is 1. The molecule has 0 spiro atoms. The number of aromatic amines is 1. The lowest BCUT2D eigenvalue weighted by molar-refractivity contribution is -0.113. The summed E-state index contributed by atoms with van der Waals surface area (Å²) in [5.41, 5.74) is -0.192. The SMILES string of the molecule is N=Cc1c(NC2CCCCC2)nc(SCC(=O)Nc2nnc(Br)s2)[nH]c1=O. The molecule has 1 aliphatic carbocycles. The zero-order valence-electron chi connectivity index (χ0n) is 14.2. The summed E-state index contributed by atoms with van der Waals surface area (Å²) in [6.45, 7) is 0. The fraction of sp³-hybridized carbons (Fsp3) is 0.467. The first kappa shape index (κ1) is 20.0. The van der Waals surface area contributed by atoms with Crippen molar-refractivity contribution in [3.63, 3.8) is 0 Å². The molecule has 0 radical (unpaired) electrons. The number of halogens is 1. The lowest BCUT2D eigenvalue weighted by atomic mass is 9.95. The van der Waals surface area contributed by atoms with Crippen LogP contribution in [0.2, 0.25) is 0 Å². The summed E-state index contributed by atoms with van der Waals surface area (Å²) in [5.74, 6) is 0.188. The van der Waals surface area contributed by atoms with Crippen molar-refractivity contribution < 1.29 is 4.79 Å². The molecule has 0 unspecified atom stereocenters. The Hall–Kier alpha value is -1.79. The van der Waals surface area contributed by atoms with E-state index >= 15 is 0 Å². The first-order chi connectivity index (χ1) is 13.0. The number of nitrogens with zero attached hydrogens (tertiary/aromatic N) is 3. The van der Waals surface area contributed by atoms with Crippen molar-refractivity contribution in [1.82, 2.24) is 20.2 Å². The van der Waals surface area contributed by atoms with Gasteiger partial charge in [-0.15, -0.1) is 10.2 Å². The van der Waals surface area contributed by atoms with Gasteiger partial charge in [0.25, 0.3) is 5.56 Å². The summed E-state index contributed by atoms with van der Waals surface area (Å²) >= 11 is 5.51. The number of aromatic nitrogens is 4. The molecule has 0 aliphatic heterocycles. The summed E-state index contributed by atoms with van der Waals surface area (Å²) in [5, 5.41) is 21.7. The van der Waals surface area contributed by atoms with E-state index in [4.69, 9.17) is 5.41 Å². The van der Waals surface area contributed by atoms with E-state index in [9.17, 15) is 9.59 Å². The van der Waals surface area contributed by atoms with E-state index in [-0.39, 0.29) is 23.3 Å². The third-order valence-electron chi connectivity index (χ3n) is 4.01. The highest BCUT2D eigenvalue weighted by molar-refractivity contribution is 9.11. The molecule has 3 rings (SSSR count). The second kappa shape index (κ2) is 9.42. The maximum Gasteiger partial charge on any atom is 0.262 e. The van der Waals surface area contributed by atoms with Crippen LogP contribution in [0.25, 0.3) is 0 Å². The summed E-state index contributed by atoms with van der Waals surface area (Å²) in [7, 11) is 0. The molecule has 1 saturated carbocycles. The molecule has 0 aromatic carbocycles. The first-order valence-corrected chi connectivity index (χ1v) is 11.0. The predicted octanol–water partition coefficient (Wildman–Crippen LogP) is 2.86. The molecule has 27 heavy (non-hydrogen) atoms. The Morgan fingerprint density at radius 1 is 1.37 bits per heavy atom. The fourth-order valence-electron chi connectivity index (χ4n) is 2.76. The maximum absolute atomic E-state index is 12.2. The van der Waals surface area contributed by atoms with Gasteiger partial charge in [-0.2, -0.15) is 0 Å². The monoisotopic (exact) mass is 471 g/mol. The number of carbonyl (C=O) groups excluding carboxylic acids is 1. The highest BCUT2D eigenvalue weighted by atomic mass is 79.9. The van der Waals surface area contributed by atoms with Crippen LogP contribution in [0.3, 0.4) is 0 Å². The molecule has 9 nitrogen and oxygen atoms in total. The Kier molecular flexibility index (Phi) is 6.96. The van der Waals surface area contributed by atoms with Crippen molar-refractivity contribution in [1.29, 1.82) is 5.41 Å². The van der Waals surface area contributed by atoms with Crippen LogP contribution in [-0.2, 0) is 4.79 Å². The van der Waals surface area contributed by atoms with Crippen LogP contribution >= 0.6 is 39.0 Å². The third-order valence-corrected chi connectivity index (χ3v) is 6.16. The predicted molar refractivity (Wildman–Crippen MR) is 110 cm³/mol. The average Bonchev–Trinajstić information content (AvgIpc) is 3.05. The molecule has 12 heteroatoms. The lowest BCUT2D eigenvalue weighted by Gasteiger charge is -2.24. The van der Waals surface area contributed by atoms with E-state index in [1.54, 1.807) is 0 Å².